The molecule has 1 aliphatic rings. The SMILES string of the molecule is CCOC(C1CC1)C(Cc1cn(C)nn1)NC. The Morgan fingerprint density at radius 3 is 2.82 bits per heavy atom. The molecule has 0 spiro atoms. The van der Waals surface area contributed by atoms with E-state index in [9.17, 15) is 0 Å². The summed E-state index contributed by atoms with van der Waals surface area (Å²) in [5.74, 6) is 0.726. The summed E-state index contributed by atoms with van der Waals surface area (Å²) in [6.45, 7) is 2.84. The van der Waals surface area contributed by atoms with Crippen molar-refractivity contribution in [2.24, 2.45) is 13.0 Å². The lowest BCUT2D eigenvalue weighted by molar-refractivity contribution is 0.0208. The normalized spacial score (nSPS) is 19.2. The van der Waals surface area contributed by atoms with Crippen molar-refractivity contribution in [2.45, 2.75) is 38.3 Å². The average molecular weight is 238 g/mol. The molecule has 2 rings (SSSR count). The molecular formula is C12H22N4O. The summed E-state index contributed by atoms with van der Waals surface area (Å²) >= 11 is 0. The number of hydrogen-bond donors (Lipinski definition) is 1. The molecule has 1 fully saturated rings. The fraction of sp³-hybridized carbons (Fsp3) is 0.833. The topological polar surface area (TPSA) is 52.0 Å². The molecule has 1 aromatic rings. The van der Waals surface area contributed by atoms with Gasteiger partial charge in [-0.25, -0.2) is 0 Å². The number of ether oxygens (including phenoxy) is 1. The maximum absolute atomic E-state index is 5.88. The number of aryl methyl sites for hydroxylation is 1. The van der Waals surface area contributed by atoms with E-state index < -0.39 is 0 Å². The molecule has 5 heteroatoms. The van der Waals surface area contributed by atoms with E-state index in [1.165, 1.54) is 12.8 Å². The maximum Gasteiger partial charge on any atom is 0.0843 e. The Morgan fingerprint density at radius 2 is 2.35 bits per heavy atom. The smallest absolute Gasteiger partial charge is 0.0843 e. The van der Waals surface area contributed by atoms with Gasteiger partial charge in [-0.15, -0.1) is 5.10 Å². The highest BCUT2D eigenvalue weighted by atomic mass is 16.5. The molecule has 0 saturated heterocycles. The molecule has 0 amide bonds. The highest BCUT2D eigenvalue weighted by molar-refractivity contribution is 5.00. The van der Waals surface area contributed by atoms with Gasteiger partial charge in [0.05, 0.1) is 11.8 Å². The lowest BCUT2D eigenvalue weighted by Gasteiger charge is -2.26. The van der Waals surface area contributed by atoms with E-state index in [1.54, 1.807) is 4.68 Å². The third-order valence-corrected chi connectivity index (χ3v) is 3.29. The van der Waals surface area contributed by atoms with Crippen molar-refractivity contribution in [3.63, 3.8) is 0 Å². The van der Waals surface area contributed by atoms with Gasteiger partial charge in [0.25, 0.3) is 0 Å². The zero-order chi connectivity index (χ0) is 12.3. The fourth-order valence-electron chi connectivity index (χ4n) is 2.29. The Bertz CT molecular complexity index is 348. The average Bonchev–Trinajstić information content (AvgIpc) is 3.07. The summed E-state index contributed by atoms with van der Waals surface area (Å²) in [7, 11) is 3.89. The Balaban J connectivity index is 1.98. The van der Waals surface area contributed by atoms with Crippen molar-refractivity contribution < 1.29 is 4.74 Å². The first-order valence-corrected chi connectivity index (χ1v) is 6.38. The summed E-state index contributed by atoms with van der Waals surface area (Å²) in [5.41, 5.74) is 1.03. The van der Waals surface area contributed by atoms with E-state index in [1.807, 2.05) is 20.3 Å². The van der Waals surface area contributed by atoms with E-state index in [-0.39, 0.29) is 0 Å². The minimum atomic E-state index is 0.312. The molecule has 0 bridgehead atoms. The van der Waals surface area contributed by atoms with Crippen LogP contribution in [0.4, 0.5) is 0 Å². The van der Waals surface area contributed by atoms with Gasteiger partial charge in [0.15, 0.2) is 0 Å². The van der Waals surface area contributed by atoms with Crippen molar-refractivity contribution in [2.75, 3.05) is 13.7 Å². The molecule has 1 heterocycles. The van der Waals surface area contributed by atoms with Crippen LogP contribution < -0.4 is 5.32 Å². The molecule has 0 radical (unpaired) electrons. The summed E-state index contributed by atoms with van der Waals surface area (Å²) < 4.78 is 7.63. The minimum absolute atomic E-state index is 0.312. The van der Waals surface area contributed by atoms with Gasteiger partial charge in [0.2, 0.25) is 0 Å². The molecular weight excluding hydrogens is 216 g/mol. The number of nitrogens with one attached hydrogen (secondary N) is 1. The van der Waals surface area contributed by atoms with E-state index in [2.05, 4.69) is 22.6 Å². The molecule has 1 aliphatic carbocycles. The van der Waals surface area contributed by atoms with Gasteiger partial charge in [0, 0.05) is 32.3 Å². The first kappa shape index (κ1) is 12.5. The quantitative estimate of drug-likeness (QED) is 0.762. The van der Waals surface area contributed by atoms with Crippen LogP contribution in [0.2, 0.25) is 0 Å². The van der Waals surface area contributed by atoms with Crippen molar-refractivity contribution in [1.82, 2.24) is 20.3 Å². The summed E-state index contributed by atoms with van der Waals surface area (Å²) in [6.07, 6.45) is 5.75. The number of nitrogens with zero attached hydrogens (tertiary/aromatic N) is 3. The summed E-state index contributed by atoms with van der Waals surface area (Å²) in [5, 5.41) is 11.5. The fourth-order valence-corrected chi connectivity index (χ4v) is 2.29. The van der Waals surface area contributed by atoms with Gasteiger partial charge < -0.3 is 10.1 Å². The molecule has 96 valence electrons. The minimum Gasteiger partial charge on any atom is -0.377 e. The van der Waals surface area contributed by atoms with Crippen LogP contribution >= 0.6 is 0 Å². The zero-order valence-corrected chi connectivity index (χ0v) is 10.9. The molecule has 5 nitrogen and oxygen atoms in total. The predicted octanol–water partition coefficient (Wildman–Crippen LogP) is 0.761. The second-order valence-corrected chi connectivity index (χ2v) is 4.74. The maximum atomic E-state index is 5.88. The van der Waals surface area contributed by atoms with Crippen LogP contribution in [0.1, 0.15) is 25.5 Å². The van der Waals surface area contributed by atoms with Crippen molar-refractivity contribution >= 4 is 0 Å². The third kappa shape index (κ3) is 3.26. The monoisotopic (exact) mass is 238 g/mol. The predicted molar refractivity (Wildman–Crippen MR) is 65.7 cm³/mol. The van der Waals surface area contributed by atoms with Gasteiger partial charge in [0.1, 0.15) is 0 Å². The lowest BCUT2D eigenvalue weighted by atomic mass is 10.0. The van der Waals surface area contributed by atoms with Gasteiger partial charge in [-0.3, -0.25) is 4.68 Å². The summed E-state index contributed by atoms with van der Waals surface area (Å²) in [6, 6.07) is 0.333. The van der Waals surface area contributed by atoms with E-state index in [0.717, 1.165) is 24.6 Å². The van der Waals surface area contributed by atoms with Gasteiger partial charge in [-0.05, 0) is 32.7 Å². The van der Waals surface area contributed by atoms with E-state index in [4.69, 9.17) is 4.74 Å². The second kappa shape index (κ2) is 5.60. The number of hydrogen-bond acceptors (Lipinski definition) is 4. The van der Waals surface area contributed by atoms with Gasteiger partial charge >= 0.3 is 0 Å². The standard InChI is InChI=1S/C12H22N4O/c1-4-17-12(9-5-6-9)11(13-2)7-10-8-16(3)15-14-10/h8-9,11-13H,4-7H2,1-3H3. The van der Waals surface area contributed by atoms with Crippen LogP contribution in [-0.4, -0.2) is 40.8 Å². The van der Waals surface area contributed by atoms with Crippen LogP contribution in [0.3, 0.4) is 0 Å². The molecule has 2 unspecified atom stereocenters. The van der Waals surface area contributed by atoms with Crippen LogP contribution in [0.25, 0.3) is 0 Å². The summed E-state index contributed by atoms with van der Waals surface area (Å²) in [4.78, 5) is 0. The number of likely N-dealkylation sites (N-methyl/N-ethyl adjacent to an activating group) is 1. The molecule has 1 saturated carbocycles. The first-order valence-electron chi connectivity index (χ1n) is 6.38. The van der Waals surface area contributed by atoms with E-state index in [0.29, 0.717) is 12.1 Å². The van der Waals surface area contributed by atoms with Crippen LogP contribution in [0.15, 0.2) is 6.20 Å². The van der Waals surface area contributed by atoms with Crippen molar-refractivity contribution in [3.05, 3.63) is 11.9 Å². The Kier molecular flexibility index (Phi) is 4.12. The first-order chi connectivity index (χ1) is 8.24. The number of aromatic nitrogens is 3. The van der Waals surface area contributed by atoms with Crippen LogP contribution in [0.5, 0.6) is 0 Å². The second-order valence-electron chi connectivity index (χ2n) is 4.74. The molecule has 17 heavy (non-hydrogen) atoms. The Hall–Kier alpha value is -0.940. The van der Waals surface area contributed by atoms with Crippen molar-refractivity contribution in [1.29, 1.82) is 0 Å². The Morgan fingerprint density at radius 1 is 1.59 bits per heavy atom. The third-order valence-electron chi connectivity index (χ3n) is 3.29. The molecule has 2 atom stereocenters. The molecule has 0 aliphatic heterocycles. The zero-order valence-electron chi connectivity index (χ0n) is 10.9. The molecule has 0 aromatic carbocycles. The largest absolute Gasteiger partial charge is 0.377 e. The van der Waals surface area contributed by atoms with Crippen molar-refractivity contribution in [3.8, 4) is 0 Å². The number of rotatable bonds is 7. The van der Waals surface area contributed by atoms with Gasteiger partial charge in [-0.2, -0.15) is 0 Å². The Labute approximate surface area is 103 Å². The van der Waals surface area contributed by atoms with E-state index >= 15 is 0 Å². The highest BCUT2D eigenvalue weighted by Gasteiger charge is 2.36. The lowest BCUT2D eigenvalue weighted by Crippen LogP contribution is -2.42. The van der Waals surface area contributed by atoms with Crippen LogP contribution in [0, 0.1) is 5.92 Å². The van der Waals surface area contributed by atoms with Gasteiger partial charge in [-0.1, -0.05) is 5.21 Å². The highest BCUT2D eigenvalue weighted by Crippen LogP contribution is 2.36. The van der Waals surface area contributed by atoms with Crippen LogP contribution in [-0.2, 0) is 18.2 Å². The molecule has 1 aromatic heterocycles. The molecule has 1 N–H and O–H groups in total.